The SMILES string of the molecule is CNCC(=O)NC(c1ccc(Cl)cc1)C1CN(C)CCO1.Cl. The van der Waals surface area contributed by atoms with Gasteiger partial charge in [0, 0.05) is 18.1 Å². The number of hydrogen-bond acceptors (Lipinski definition) is 4. The van der Waals surface area contributed by atoms with Crippen LogP contribution in [0.25, 0.3) is 0 Å². The minimum atomic E-state index is -0.175. The lowest BCUT2D eigenvalue weighted by Gasteiger charge is -2.35. The second-order valence-electron chi connectivity index (χ2n) is 5.30. The third-order valence-corrected chi connectivity index (χ3v) is 3.80. The number of amides is 1. The van der Waals surface area contributed by atoms with Crippen LogP contribution in [-0.4, -0.2) is 57.2 Å². The van der Waals surface area contributed by atoms with Crippen molar-refractivity contribution in [1.82, 2.24) is 15.5 Å². The van der Waals surface area contributed by atoms with E-state index in [1.54, 1.807) is 7.05 Å². The highest BCUT2D eigenvalue weighted by Gasteiger charge is 2.29. The highest BCUT2D eigenvalue weighted by Crippen LogP contribution is 2.23. The molecule has 0 aliphatic carbocycles. The molecule has 22 heavy (non-hydrogen) atoms. The van der Waals surface area contributed by atoms with Gasteiger partial charge in [-0.25, -0.2) is 0 Å². The predicted molar refractivity (Wildman–Crippen MR) is 90.7 cm³/mol. The molecule has 1 heterocycles. The Kier molecular flexibility index (Phi) is 8.14. The molecule has 1 aliphatic rings. The summed E-state index contributed by atoms with van der Waals surface area (Å²) in [6, 6.07) is 7.36. The average Bonchev–Trinajstić information content (AvgIpc) is 2.46. The largest absolute Gasteiger partial charge is 0.373 e. The number of carbonyl (C=O) groups is 1. The maximum absolute atomic E-state index is 11.9. The van der Waals surface area contributed by atoms with Gasteiger partial charge in [0.1, 0.15) is 0 Å². The molecule has 1 amide bonds. The standard InChI is InChI=1S/C15H22ClN3O2.ClH/c1-17-9-14(20)18-15(11-3-5-12(16)6-4-11)13-10-19(2)7-8-21-13;/h3-6,13,15,17H,7-10H2,1-2H3,(H,18,20);1H. The number of carbonyl (C=O) groups excluding carboxylic acids is 1. The molecule has 0 aromatic heterocycles. The first-order valence-electron chi connectivity index (χ1n) is 7.09. The molecular formula is C15H23Cl2N3O2. The quantitative estimate of drug-likeness (QED) is 0.846. The Balaban J connectivity index is 0.00000242. The van der Waals surface area contributed by atoms with E-state index in [1.807, 2.05) is 24.3 Å². The molecular weight excluding hydrogens is 325 g/mol. The van der Waals surface area contributed by atoms with Gasteiger partial charge >= 0.3 is 0 Å². The highest BCUT2D eigenvalue weighted by atomic mass is 35.5. The van der Waals surface area contributed by atoms with Crippen LogP contribution >= 0.6 is 24.0 Å². The van der Waals surface area contributed by atoms with E-state index in [1.165, 1.54) is 0 Å². The third kappa shape index (κ3) is 5.41. The summed E-state index contributed by atoms with van der Waals surface area (Å²) in [5, 5.41) is 6.59. The maximum Gasteiger partial charge on any atom is 0.234 e. The van der Waals surface area contributed by atoms with E-state index >= 15 is 0 Å². The van der Waals surface area contributed by atoms with Gasteiger partial charge < -0.3 is 20.3 Å². The van der Waals surface area contributed by atoms with Crippen molar-refractivity contribution in [3.8, 4) is 0 Å². The Morgan fingerprint density at radius 3 is 2.73 bits per heavy atom. The van der Waals surface area contributed by atoms with Crippen LogP contribution in [0.5, 0.6) is 0 Å². The van der Waals surface area contributed by atoms with Gasteiger partial charge in [-0.3, -0.25) is 4.79 Å². The van der Waals surface area contributed by atoms with Crippen LogP contribution in [0, 0.1) is 0 Å². The molecule has 1 fully saturated rings. The van der Waals surface area contributed by atoms with Crippen LogP contribution < -0.4 is 10.6 Å². The number of likely N-dealkylation sites (N-methyl/N-ethyl adjacent to an activating group) is 2. The summed E-state index contributed by atoms with van der Waals surface area (Å²) in [5.74, 6) is -0.0470. The number of ether oxygens (including phenoxy) is 1. The summed E-state index contributed by atoms with van der Waals surface area (Å²) >= 11 is 5.94. The first-order valence-corrected chi connectivity index (χ1v) is 7.47. The molecule has 2 N–H and O–H groups in total. The maximum atomic E-state index is 11.9. The van der Waals surface area contributed by atoms with Crippen molar-refractivity contribution in [1.29, 1.82) is 0 Å². The molecule has 0 spiro atoms. The van der Waals surface area contributed by atoms with Crippen molar-refractivity contribution in [2.45, 2.75) is 12.1 Å². The minimum absolute atomic E-state index is 0. The third-order valence-electron chi connectivity index (χ3n) is 3.55. The van der Waals surface area contributed by atoms with Crippen molar-refractivity contribution in [3.63, 3.8) is 0 Å². The zero-order valence-corrected chi connectivity index (χ0v) is 14.4. The normalized spacial score (nSPS) is 20.0. The number of morpholine rings is 1. The fourth-order valence-corrected chi connectivity index (χ4v) is 2.58. The van der Waals surface area contributed by atoms with E-state index in [4.69, 9.17) is 16.3 Å². The summed E-state index contributed by atoms with van der Waals surface area (Å²) in [6.07, 6.45) is -0.0641. The lowest BCUT2D eigenvalue weighted by atomic mass is 10.00. The number of halogens is 2. The topological polar surface area (TPSA) is 53.6 Å². The molecule has 0 radical (unpaired) electrons. The van der Waals surface area contributed by atoms with Gasteiger partial charge in [-0.1, -0.05) is 23.7 Å². The molecule has 2 rings (SSSR count). The molecule has 1 saturated heterocycles. The Bertz CT molecular complexity index is 470. The van der Waals surface area contributed by atoms with Gasteiger partial charge in [-0.15, -0.1) is 12.4 Å². The number of nitrogens with zero attached hydrogens (tertiary/aromatic N) is 1. The van der Waals surface area contributed by atoms with Gasteiger partial charge in [0.05, 0.1) is 25.3 Å². The molecule has 2 unspecified atom stereocenters. The monoisotopic (exact) mass is 347 g/mol. The van der Waals surface area contributed by atoms with Crippen molar-refractivity contribution in [2.24, 2.45) is 0 Å². The van der Waals surface area contributed by atoms with Gasteiger partial charge in [-0.05, 0) is 31.8 Å². The van der Waals surface area contributed by atoms with Gasteiger partial charge in [-0.2, -0.15) is 0 Å². The predicted octanol–water partition coefficient (Wildman–Crippen LogP) is 1.47. The fraction of sp³-hybridized carbons (Fsp3) is 0.533. The van der Waals surface area contributed by atoms with Crippen molar-refractivity contribution in [3.05, 3.63) is 34.9 Å². The molecule has 1 aliphatic heterocycles. The smallest absolute Gasteiger partial charge is 0.234 e. The molecule has 2 atom stereocenters. The summed E-state index contributed by atoms with van der Waals surface area (Å²) in [4.78, 5) is 14.2. The van der Waals surface area contributed by atoms with E-state index in [9.17, 15) is 4.79 Å². The number of benzene rings is 1. The molecule has 5 nitrogen and oxygen atoms in total. The molecule has 1 aromatic rings. The Hall–Kier alpha value is -0.850. The summed E-state index contributed by atoms with van der Waals surface area (Å²) in [5.41, 5.74) is 1.00. The number of rotatable bonds is 5. The van der Waals surface area contributed by atoms with Crippen molar-refractivity contribution < 1.29 is 9.53 Å². The van der Waals surface area contributed by atoms with Gasteiger partial charge in [0.15, 0.2) is 0 Å². The molecule has 1 aromatic carbocycles. The van der Waals surface area contributed by atoms with Gasteiger partial charge in [0.25, 0.3) is 0 Å². The van der Waals surface area contributed by atoms with Crippen LogP contribution in [0.2, 0.25) is 5.02 Å². The Morgan fingerprint density at radius 2 is 2.14 bits per heavy atom. The van der Waals surface area contributed by atoms with Gasteiger partial charge in [0.2, 0.25) is 5.91 Å². The molecule has 7 heteroatoms. The summed E-state index contributed by atoms with van der Waals surface area (Å²) in [7, 11) is 3.81. The van der Waals surface area contributed by atoms with Crippen LogP contribution in [0.4, 0.5) is 0 Å². The average molecular weight is 348 g/mol. The second-order valence-corrected chi connectivity index (χ2v) is 5.73. The summed E-state index contributed by atoms with van der Waals surface area (Å²) in [6.45, 7) is 2.65. The highest BCUT2D eigenvalue weighted by molar-refractivity contribution is 6.30. The molecule has 124 valence electrons. The number of nitrogens with one attached hydrogen (secondary N) is 2. The van der Waals surface area contributed by atoms with Crippen LogP contribution in [0.15, 0.2) is 24.3 Å². The van der Waals surface area contributed by atoms with E-state index in [2.05, 4.69) is 22.6 Å². The van der Waals surface area contributed by atoms with Crippen molar-refractivity contribution >= 4 is 29.9 Å². The summed E-state index contributed by atoms with van der Waals surface area (Å²) < 4.78 is 5.86. The van der Waals surface area contributed by atoms with Crippen LogP contribution in [0.1, 0.15) is 11.6 Å². The minimum Gasteiger partial charge on any atom is -0.373 e. The molecule has 0 saturated carbocycles. The van der Waals surface area contributed by atoms with Crippen LogP contribution in [-0.2, 0) is 9.53 Å². The van der Waals surface area contributed by atoms with E-state index < -0.39 is 0 Å². The van der Waals surface area contributed by atoms with E-state index in [0.717, 1.165) is 18.7 Å². The first kappa shape index (κ1) is 19.2. The van der Waals surface area contributed by atoms with Crippen molar-refractivity contribution in [2.75, 3.05) is 40.3 Å². The molecule has 0 bridgehead atoms. The lowest BCUT2D eigenvalue weighted by Crippen LogP contribution is -2.49. The van der Waals surface area contributed by atoms with Crippen LogP contribution in [0.3, 0.4) is 0 Å². The van der Waals surface area contributed by atoms with E-state index in [-0.39, 0.29) is 37.0 Å². The first-order chi connectivity index (χ1) is 10.1. The fourth-order valence-electron chi connectivity index (χ4n) is 2.46. The lowest BCUT2D eigenvalue weighted by molar-refractivity contribution is -0.123. The zero-order valence-electron chi connectivity index (χ0n) is 12.8. The Morgan fingerprint density at radius 1 is 1.45 bits per heavy atom. The Labute approximate surface area is 142 Å². The van der Waals surface area contributed by atoms with E-state index in [0.29, 0.717) is 11.6 Å². The number of hydrogen-bond donors (Lipinski definition) is 2. The second kappa shape index (κ2) is 9.33. The zero-order chi connectivity index (χ0) is 15.2.